The first-order chi connectivity index (χ1) is 9.24. The van der Waals surface area contributed by atoms with E-state index in [4.69, 9.17) is 27.9 Å². The van der Waals surface area contributed by atoms with Gasteiger partial charge in [0, 0.05) is 12.4 Å². The number of ether oxygens (including phenoxy) is 1. The molecule has 1 aromatic heterocycles. The Morgan fingerprint density at radius 1 is 1.37 bits per heavy atom. The zero-order chi connectivity index (χ0) is 13.7. The van der Waals surface area contributed by atoms with Crippen LogP contribution in [0.4, 0.5) is 5.82 Å². The number of alkyl halides is 1. The first-order valence-electron chi connectivity index (χ1n) is 6.61. The third-order valence-electron chi connectivity index (χ3n) is 3.70. The second kappa shape index (κ2) is 7.15. The normalized spacial score (nSPS) is 23.1. The fraction of sp³-hybridized carbons (Fsp3) is 0.692. The fourth-order valence-electron chi connectivity index (χ4n) is 2.56. The van der Waals surface area contributed by atoms with Crippen LogP contribution in [-0.2, 0) is 0 Å². The Morgan fingerprint density at radius 3 is 2.79 bits per heavy atom. The number of hydrogen-bond acceptors (Lipinski definition) is 4. The minimum Gasteiger partial charge on any atom is -0.467 e. The molecule has 1 saturated carbocycles. The molecular weight excluding hydrogens is 285 g/mol. The van der Waals surface area contributed by atoms with Crippen LogP contribution in [0.15, 0.2) is 6.20 Å². The maximum absolute atomic E-state index is 6.07. The van der Waals surface area contributed by atoms with Crippen molar-refractivity contribution in [3.8, 4) is 6.01 Å². The van der Waals surface area contributed by atoms with E-state index in [0.29, 0.717) is 28.7 Å². The molecule has 2 unspecified atom stereocenters. The third kappa shape index (κ3) is 3.86. The van der Waals surface area contributed by atoms with Gasteiger partial charge in [0.2, 0.25) is 0 Å². The molecule has 106 valence electrons. The lowest BCUT2D eigenvalue weighted by atomic mass is 9.80. The lowest BCUT2D eigenvalue weighted by Crippen LogP contribution is -2.27. The quantitative estimate of drug-likeness (QED) is 0.844. The zero-order valence-electron chi connectivity index (χ0n) is 11.0. The zero-order valence-corrected chi connectivity index (χ0v) is 12.5. The van der Waals surface area contributed by atoms with Crippen molar-refractivity contribution in [1.82, 2.24) is 9.97 Å². The monoisotopic (exact) mass is 303 g/mol. The van der Waals surface area contributed by atoms with Gasteiger partial charge in [-0.1, -0.05) is 24.4 Å². The van der Waals surface area contributed by atoms with Gasteiger partial charge >= 0.3 is 6.01 Å². The summed E-state index contributed by atoms with van der Waals surface area (Å²) in [5.41, 5.74) is 0. The summed E-state index contributed by atoms with van der Waals surface area (Å²) in [6, 6.07) is 0.324. The van der Waals surface area contributed by atoms with Crippen molar-refractivity contribution >= 4 is 29.0 Å². The molecule has 0 saturated heterocycles. The van der Waals surface area contributed by atoms with E-state index in [1.807, 2.05) is 0 Å². The number of aromatic nitrogens is 2. The van der Waals surface area contributed by atoms with Gasteiger partial charge in [-0.2, -0.15) is 4.98 Å². The average Bonchev–Trinajstić information content (AvgIpc) is 2.46. The predicted octanol–water partition coefficient (Wildman–Crippen LogP) is 3.60. The Morgan fingerprint density at radius 2 is 2.11 bits per heavy atom. The van der Waals surface area contributed by atoms with Crippen molar-refractivity contribution in [3.05, 3.63) is 11.2 Å². The van der Waals surface area contributed by atoms with E-state index in [-0.39, 0.29) is 0 Å². The van der Waals surface area contributed by atoms with Crippen LogP contribution in [-0.4, -0.2) is 29.5 Å². The second-order valence-electron chi connectivity index (χ2n) is 4.89. The molecule has 0 aliphatic heterocycles. The molecule has 0 radical (unpaired) electrons. The van der Waals surface area contributed by atoms with E-state index in [1.54, 1.807) is 6.20 Å². The van der Waals surface area contributed by atoms with Crippen LogP contribution in [0, 0.1) is 11.8 Å². The summed E-state index contributed by atoms with van der Waals surface area (Å²) in [6.07, 6.45) is 6.55. The van der Waals surface area contributed by atoms with Crippen molar-refractivity contribution in [1.29, 1.82) is 0 Å². The van der Waals surface area contributed by atoms with Crippen LogP contribution in [0.5, 0.6) is 6.01 Å². The van der Waals surface area contributed by atoms with Gasteiger partial charge < -0.3 is 10.1 Å². The summed E-state index contributed by atoms with van der Waals surface area (Å²) >= 11 is 12.1. The van der Waals surface area contributed by atoms with E-state index in [2.05, 4.69) is 15.3 Å². The van der Waals surface area contributed by atoms with Gasteiger partial charge in [-0.25, -0.2) is 4.98 Å². The average molecular weight is 304 g/mol. The van der Waals surface area contributed by atoms with Gasteiger partial charge in [0.1, 0.15) is 5.02 Å². The lowest BCUT2D eigenvalue weighted by Gasteiger charge is -2.30. The first kappa shape index (κ1) is 14.7. The maximum Gasteiger partial charge on any atom is 0.318 e. The summed E-state index contributed by atoms with van der Waals surface area (Å²) in [4.78, 5) is 8.17. The molecule has 2 atom stereocenters. The first-order valence-corrected chi connectivity index (χ1v) is 7.52. The van der Waals surface area contributed by atoms with Crippen molar-refractivity contribution in [2.75, 3.05) is 24.9 Å². The fourth-order valence-corrected chi connectivity index (χ4v) is 3.12. The van der Waals surface area contributed by atoms with Crippen LogP contribution >= 0.6 is 23.2 Å². The number of halogens is 2. The number of rotatable bonds is 5. The number of anilines is 1. The van der Waals surface area contributed by atoms with E-state index in [0.717, 1.165) is 12.4 Å². The second-order valence-corrected chi connectivity index (χ2v) is 5.61. The smallest absolute Gasteiger partial charge is 0.318 e. The van der Waals surface area contributed by atoms with Crippen molar-refractivity contribution < 1.29 is 4.74 Å². The minimum absolute atomic E-state index is 0.324. The molecule has 1 heterocycles. The molecule has 4 nitrogen and oxygen atoms in total. The molecule has 1 N–H and O–H groups in total. The minimum atomic E-state index is 0.324. The molecule has 1 aliphatic carbocycles. The molecule has 6 heteroatoms. The van der Waals surface area contributed by atoms with E-state index in [9.17, 15) is 0 Å². The lowest BCUT2D eigenvalue weighted by molar-refractivity contribution is 0.271. The van der Waals surface area contributed by atoms with Gasteiger partial charge in [-0.05, 0) is 24.7 Å². The SMILES string of the molecule is COc1ncc(Cl)c(NCC2CCCCC2CCl)n1. The Bertz CT molecular complexity index is 417. The Hall–Kier alpha value is -0.740. The molecule has 19 heavy (non-hydrogen) atoms. The molecular formula is C13H19Cl2N3O. The van der Waals surface area contributed by atoms with Gasteiger partial charge in [0.15, 0.2) is 5.82 Å². The highest BCUT2D eigenvalue weighted by Gasteiger charge is 2.24. The summed E-state index contributed by atoms with van der Waals surface area (Å²) in [7, 11) is 1.54. The summed E-state index contributed by atoms with van der Waals surface area (Å²) < 4.78 is 5.00. The number of methoxy groups -OCH3 is 1. The molecule has 1 fully saturated rings. The standard InChI is InChI=1S/C13H19Cl2N3O/c1-19-13-17-8-11(15)12(18-13)16-7-10-5-3-2-4-9(10)6-14/h8-10H,2-7H2,1H3,(H,16,17,18). The van der Waals surface area contributed by atoms with Crippen LogP contribution < -0.4 is 10.1 Å². The van der Waals surface area contributed by atoms with Gasteiger partial charge in [0.05, 0.1) is 13.3 Å². The highest BCUT2D eigenvalue weighted by molar-refractivity contribution is 6.32. The maximum atomic E-state index is 6.07. The summed E-state index contributed by atoms with van der Waals surface area (Å²) in [5, 5.41) is 3.81. The topological polar surface area (TPSA) is 47.0 Å². The number of nitrogens with zero attached hydrogens (tertiary/aromatic N) is 2. The third-order valence-corrected chi connectivity index (χ3v) is 4.37. The molecule has 0 bridgehead atoms. The molecule has 0 aromatic carbocycles. The van der Waals surface area contributed by atoms with Crippen LogP contribution in [0.25, 0.3) is 0 Å². The Kier molecular flexibility index (Phi) is 5.52. The van der Waals surface area contributed by atoms with E-state index in [1.165, 1.54) is 32.8 Å². The number of hydrogen-bond donors (Lipinski definition) is 1. The van der Waals surface area contributed by atoms with Crippen LogP contribution in [0.2, 0.25) is 5.02 Å². The van der Waals surface area contributed by atoms with Crippen molar-refractivity contribution in [2.45, 2.75) is 25.7 Å². The predicted molar refractivity (Wildman–Crippen MR) is 78.3 cm³/mol. The highest BCUT2D eigenvalue weighted by atomic mass is 35.5. The van der Waals surface area contributed by atoms with Crippen molar-refractivity contribution in [2.24, 2.45) is 11.8 Å². The van der Waals surface area contributed by atoms with Crippen molar-refractivity contribution in [3.63, 3.8) is 0 Å². The van der Waals surface area contributed by atoms with Crippen LogP contribution in [0.1, 0.15) is 25.7 Å². The van der Waals surface area contributed by atoms with E-state index < -0.39 is 0 Å². The number of nitrogens with one attached hydrogen (secondary N) is 1. The summed E-state index contributed by atoms with van der Waals surface area (Å²) in [6.45, 7) is 0.845. The Labute approximate surface area is 123 Å². The van der Waals surface area contributed by atoms with Gasteiger partial charge in [-0.3, -0.25) is 0 Å². The summed E-state index contributed by atoms with van der Waals surface area (Å²) in [5.74, 6) is 2.54. The van der Waals surface area contributed by atoms with Crippen LogP contribution in [0.3, 0.4) is 0 Å². The van der Waals surface area contributed by atoms with E-state index >= 15 is 0 Å². The molecule has 2 rings (SSSR count). The Balaban J connectivity index is 1.97. The van der Waals surface area contributed by atoms with Gasteiger partial charge in [-0.15, -0.1) is 11.6 Å². The molecule has 1 aliphatic rings. The molecule has 1 aromatic rings. The molecule has 0 amide bonds. The molecule has 0 spiro atoms. The highest BCUT2D eigenvalue weighted by Crippen LogP contribution is 2.31. The van der Waals surface area contributed by atoms with Gasteiger partial charge in [0.25, 0.3) is 0 Å². The largest absolute Gasteiger partial charge is 0.467 e.